The molecule has 15 heavy (non-hydrogen) atoms. The Morgan fingerprint density at radius 2 is 2.40 bits per heavy atom. The first-order chi connectivity index (χ1) is 7.40. The van der Waals surface area contributed by atoms with E-state index in [4.69, 9.17) is 9.84 Å². The number of aryl methyl sites for hydroxylation is 1. The maximum atomic E-state index is 9.00. The number of nitrogens with zero attached hydrogens (tertiary/aromatic N) is 2. The van der Waals surface area contributed by atoms with Crippen LogP contribution in [-0.4, -0.2) is 27.9 Å². The molecule has 1 saturated carbocycles. The van der Waals surface area contributed by atoms with Crippen LogP contribution in [0.1, 0.15) is 25.0 Å². The third kappa shape index (κ3) is 3.32. The molecule has 0 aromatic carbocycles. The van der Waals surface area contributed by atoms with Crippen LogP contribution in [0, 0.1) is 5.92 Å². The summed E-state index contributed by atoms with van der Waals surface area (Å²) in [5.74, 6) is 0.839. The Labute approximate surface area is 89.9 Å². The quantitative estimate of drug-likeness (QED) is 0.688. The Bertz CT molecular complexity index is 295. The van der Waals surface area contributed by atoms with E-state index in [1.54, 1.807) is 12.5 Å². The van der Waals surface area contributed by atoms with Crippen molar-refractivity contribution < 1.29 is 9.84 Å². The summed E-state index contributed by atoms with van der Waals surface area (Å²) in [6.45, 7) is 2.67. The molecule has 0 atom stereocenters. The second kappa shape index (κ2) is 5.28. The van der Waals surface area contributed by atoms with Crippen molar-refractivity contribution in [2.75, 3.05) is 13.2 Å². The van der Waals surface area contributed by atoms with Crippen LogP contribution in [0.4, 0.5) is 0 Å². The van der Waals surface area contributed by atoms with E-state index in [0.717, 1.165) is 37.8 Å². The maximum Gasteiger partial charge on any atom is 0.0948 e. The first-order valence-electron chi connectivity index (χ1n) is 5.57. The topological polar surface area (TPSA) is 47.3 Å². The summed E-state index contributed by atoms with van der Waals surface area (Å²) in [7, 11) is 0. The Kier molecular flexibility index (Phi) is 3.75. The second-order valence-electron chi connectivity index (χ2n) is 4.11. The van der Waals surface area contributed by atoms with Crippen LogP contribution in [0.5, 0.6) is 0 Å². The smallest absolute Gasteiger partial charge is 0.0948 e. The fourth-order valence-electron chi connectivity index (χ4n) is 1.55. The normalized spacial score (nSPS) is 15.8. The van der Waals surface area contributed by atoms with Gasteiger partial charge in [-0.15, -0.1) is 0 Å². The average Bonchev–Trinajstić information content (AvgIpc) is 2.96. The van der Waals surface area contributed by atoms with E-state index in [-0.39, 0.29) is 6.61 Å². The number of aromatic nitrogens is 2. The minimum absolute atomic E-state index is 0.0585. The predicted octanol–water partition coefficient (Wildman–Crippen LogP) is 1.19. The standard InChI is InChI=1S/C11H18N2O2/c14-7-11-6-12-9-13(11)4-1-5-15-8-10-2-3-10/h6,9-10,14H,1-5,7-8H2. The number of hydrogen-bond acceptors (Lipinski definition) is 3. The molecule has 0 radical (unpaired) electrons. The van der Waals surface area contributed by atoms with Gasteiger partial charge in [-0.25, -0.2) is 4.98 Å². The van der Waals surface area contributed by atoms with Crippen LogP contribution in [0.25, 0.3) is 0 Å². The first-order valence-corrected chi connectivity index (χ1v) is 5.57. The van der Waals surface area contributed by atoms with Gasteiger partial charge in [0.25, 0.3) is 0 Å². The lowest BCUT2D eigenvalue weighted by atomic mass is 10.4. The zero-order valence-corrected chi connectivity index (χ0v) is 8.93. The molecule has 4 nitrogen and oxygen atoms in total. The molecule has 1 aromatic heterocycles. The molecule has 0 spiro atoms. The fraction of sp³-hybridized carbons (Fsp3) is 0.727. The third-order valence-corrected chi connectivity index (χ3v) is 2.70. The van der Waals surface area contributed by atoms with Gasteiger partial charge in [0.05, 0.1) is 24.8 Å². The van der Waals surface area contributed by atoms with Gasteiger partial charge in [-0.3, -0.25) is 0 Å². The van der Waals surface area contributed by atoms with Crippen LogP contribution >= 0.6 is 0 Å². The number of ether oxygens (including phenoxy) is 1. The Morgan fingerprint density at radius 1 is 1.53 bits per heavy atom. The van der Waals surface area contributed by atoms with Crippen molar-refractivity contribution >= 4 is 0 Å². The number of imidazole rings is 1. The van der Waals surface area contributed by atoms with E-state index in [1.165, 1.54) is 12.8 Å². The van der Waals surface area contributed by atoms with Crippen molar-refractivity contribution in [3.63, 3.8) is 0 Å². The van der Waals surface area contributed by atoms with Crippen molar-refractivity contribution in [1.29, 1.82) is 0 Å². The van der Waals surface area contributed by atoms with Crippen LogP contribution in [-0.2, 0) is 17.9 Å². The second-order valence-corrected chi connectivity index (χ2v) is 4.11. The van der Waals surface area contributed by atoms with Crippen molar-refractivity contribution in [1.82, 2.24) is 9.55 Å². The third-order valence-electron chi connectivity index (χ3n) is 2.70. The van der Waals surface area contributed by atoms with Crippen molar-refractivity contribution in [2.45, 2.75) is 32.4 Å². The average molecular weight is 210 g/mol. The van der Waals surface area contributed by atoms with Crippen LogP contribution in [0.15, 0.2) is 12.5 Å². The summed E-state index contributed by atoms with van der Waals surface area (Å²) in [6, 6.07) is 0. The molecule has 1 aliphatic rings. The highest BCUT2D eigenvalue weighted by atomic mass is 16.5. The van der Waals surface area contributed by atoms with Crippen LogP contribution < -0.4 is 0 Å². The molecule has 0 bridgehead atoms. The molecule has 1 heterocycles. The molecule has 1 aromatic rings. The zero-order chi connectivity index (χ0) is 10.5. The van der Waals surface area contributed by atoms with Gasteiger partial charge in [-0.05, 0) is 25.2 Å². The van der Waals surface area contributed by atoms with E-state index >= 15 is 0 Å². The molecular formula is C11H18N2O2. The highest BCUT2D eigenvalue weighted by molar-refractivity contribution is 4.95. The van der Waals surface area contributed by atoms with Gasteiger partial charge in [0.15, 0.2) is 0 Å². The highest BCUT2D eigenvalue weighted by Gasteiger charge is 2.20. The van der Waals surface area contributed by atoms with Gasteiger partial charge in [0.2, 0.25) is 0 Å². The Balaban J connectivity index is 1.59. The van der Waals surface area contributed by atoms with Crippen LogP contribution in [0.3, 0.4) is 0 Å². The number of aliphatic hydroxyl groups excluding tert-OH is 1. The molecule has 1 fully saturated rings. The van der Waals surface area contributed by atoms with E-state index in [9.17, 15) is 0 Å². The SMILES string of the molecule is OCc1cncn1CCCOCC1CC1. The molecule has 0 aliphatic heterocycles. The summed E-state index contributed by atoms with van der Waals surface area (Å²) in [5.41, 5.74) is 0.872. The van der Waals surface area contributed by atoms with Gasteiger partial charge in [-0.2, -0.15) is 0 Å². The molecular weight excluding hydrogens is 192 g/mol. The first kappa shape index (κ1) is 10.6. The Morgan fingerprint density at radius 3 is 3.13 bits per heavy atom. The van der Waals surface area contributed by atoms with E-state index in [0.29, 0.717) is 0 Å². The Hall–Kier alpha value is -0.870. The summed E-state index contributed by atoms with van der Waals surface area (Å²) in [4.78, 5) is 3.99. The molecule has 1 N–H and O–H groups in total. The lowest BCUT2D eigenvalue weighted by molar-refractivity contribution is 0.119. The van der Waals surface area contributed by atoms with E-state index < -0.39 is 0 Å². The fourth-order valence-corrected chi connectivity index (χ4v) is 1.55. The maximum absolute atomic E-state index is 9.00. The summed E-state index contributed by atoms with van der Waals surface area (Å²) in [5, 5.41) is 9.00. The van der Waals surface area contributed by atoms with E-state index in [2.05, 4.69) is 4.98 Å². The largest absolute Gasteiger partial charge is 0.390 e. The summed E-state index contributed by atoms with van der Waals surface area (Å²) >= 11 is 0. The molecule has 0 saturated heterocycles. The summed E-state index contributed by atoms with van der Waals surface area (Å²) < 4.78 is 7.51. The minimum Gasteiger partial charge on any atom is -0.390 e. The number of hydrogen-bond donors (Lipinski definition) is 1. The van der Waals surface area contributed by atoms with Gasteiger partial charge in [0, 0.05) is 19.8 Å². The van der Waals surface area contributed by atoms with Crippen molar-refractivity contribution in [3.05, 3.63) is 18.2 Å². The number of aliphatic hydroxyl groups is 1. The van der Waals surface area contributed by atoms with Crippen LogP contribution in [0.2, 0.25) is 0 Å². The monoisotopic (exact) mass is 210 g/mol. The van der Waals surface area contributed by atoms with Crippen molar-refractivity contribution in [3.8, 4) is 0 Å². The predicted molar refractivity (Wildman–Crippen MR) is 56.3 cm³/mol. The minimum atomic E-state index is 0.0585. The highest BCUT2D eigenvalue weighted by Crippen LogP contribution is 2.28. The van der Waals surface area contributed by atoms with Gasteiger partial charge >= 0.3 is 0 Å². The molecule has 1 aliphatic carbocycles. The van der Waals surface area contributed by atoms with Gasteiger partial charge in [-0.1, -0.05) is 0 Å². The zero-order valence-electron chi connectivity index (χ0n) is 8.93. The lowest BCUT2D eigenvalue weighted by Gasteiger charge is -2.06. The van der Waals surface area contributed by atoms with Gasteiger partial charge in [0.1, 0.15) is 0 Å². The lowest BCUT2D eigenvalue weighted by Crippen LogP contribution is -2.06. The van der Waals surface area contributed by atoms with Crippen molar-refractivity contribution in [2.24, 2.45) is 5.92 Å². The molecule has 0 amide bonds. The number of rotatable bonds is 7. The van der Waals surface area contributed by atoms with Gasteiger partial charge < -0.3 is 14.4 Å². The summed E-state index contributed by atoms with van der Waals surface area (Å²) in [6.07, 6.45) is 7.12. The molecule has 84 valence electrons. The van der Waals surface area contributed by atoms with E-state index in [1.807, 2.05) is 4.57 Å². The molecule has 2 rings (SSSR count). The molecule has 4 heteroatoms. The molecule has 0 unspecified atom stereocenters.